The molecule has 13 heavy (non-hydrogen) atoms. The maximum absolute atomic E-state index is 9.45. The third-order valence-electron chi connectivity index (χ3n) is 1.82. The molecule has 0 spiro atoms. The molecule has 0 aromatic heterocycles. The minimum Gasteiger partial charge on any atom is -0.507 e. The lowest BCUT2D eigenvalue weighted by atomic mass is 10.1. The van der Waals surface area contributed by atoms with Crippen molar-refractivity contribution in [2.45, 2.75) is 19.8 Å². The van der Waals surface area contributed by atoms with Gasteiger partial charge in [0, 0.05) is 5.56 Å². The van der Waals surface area contributed by atoms with E-state index < -0.39 is 0 Å². The van der Waals surface area contributed by atoms with Crippen molar-refractivity contribution >= 4 is 5.71 Å². The highest BCUT2D eigenvalue weighted by atomic mass is 16.4. The molecule has 0 aliphatic carbocycles. The van der Waals surface area contributed by atoms with Crippen LogP contribution in [-0.4, -0.2) is 16.0 Å². The number of para-hydroxylation sites is 1. The average Bonchev–Trinajstić information content (AvgIpc) is 2.16. The van der Waals surface area contributed by atoms with E-state index in [0.29, 0.717) is 17.7 Å². The summed E-state index contributed by atoms with van der Waals surface area (Å²) in [5.41, 5.74) is 1.13. The zero-order valence-electron chi connectivity index (χ0n) is 7.57. The first kappa shape index (κ1) is 9.58. The lowest BCUT2D eigenvalue weighted by Crippen LogP contribution is -2.00. The molecule has 0 atom stereocenters. The summed E-state index contributed by atoms with van der Waals surface area (Å²) in [6.07, 6.45) is 1.54. The van der Waals surface area contributed by atoms with E-state index in [1.54, 1.807) is 24.3 Å². The van der Waals surface area contributed by atoms with Crippen molar-refractivity contribution in [1.82, 2.24) is 0 Å². The highest BCUT2D eigenvalue weighted by Crippen LogP contribution is 2.18. The Balaban J connectivity index is 2.99. The molecule has 0 saturated carbocycles. The second-order valence-corrected chi connectivity index (χ2v) is 2.81. The quantitative estimate of drug-likeness (QED) is 0.425. The molecule has 1 rings (SSSR count). The molecule has 1 aromatic carbocycles. The van der Waals surface area contributed by atoms with Crippen LogP contribution in [0.15, 0.2) is 29.4 Å². The fourth-order valence-corrected chi connectivity index (χ4v) is 1.19. The van der Waals surface area contributed by atoms with Gasteiger partial charge in [-0.15, -0.1) is 0 Å². The van der Waals surface area contributed by atoms with Gasteiger partial charge in [-0.3, -0.25) is 0 Å². The van der Waals surface area contributed by atoms with E-state index in [2.05, 4.69) is 5.16 Å². The Kier molecular flexibility index (Phi) is 3.31. The van der Waals surface area contributed by atoms with Crippen LogP contribution in [0.5, 0.6) is 5.75 Å². The van der Waals surface area contributed by atoms with E-state index in [1.807, 2.05) is 6.92 Å². The number of aromatic hydroxyl groups is 1. The Morgan fingerprint density at radius 2 is 2.08 bits per heavy atom. The number of hydrogen-bond acceptors (Lipinski definition) is 3. The predicted molar refractivity (Wildman–Crippen MR) is 51.3 cm³/mol. The second-order valence-electron chi connectivity index (χ2n) is 2.81. The molecular formula is C10H13NO2. The van der Waals surface area contributed by atoms with Crippen LogP contribution in [0.3, 0.4) is 0 Å². The Morgan fingerprint density at radius 1 is 1.38 bits per heavy atom. The van der Waals surface area contributed by atoms with Crippen molar-refractivity contribution in [3.63, 3.8) is 0 Å². The van der Waals surface area contributed by atoms with Gasteiger partial charge in [0.1, 0.15) is 5.75 Å². The minimum atomic E-state index is 0.156. The summed E-state index contributed by atoms with van der Waals surface area (Å²) in [5.74, 6) is 0.156. The molecule has 0 heterocycles. The van der Waals surface area contributed by atoms with E-state index in [4.69, 9.17) is 5.21 Å². The van der Waals surface area contributed by atoms with Crippen LogP contribution in [0.1, 0.15) is 25.3 Å². The predicted octanol–water partition coefficient (Wildman–Crippen LogP) is 2.37. The molecule has 0 radical (unpaired) electrons. The number of rotatable bonds is 3. The highest BCUT2D eigenvalue weighted by molar-refractivity contribution is 6.02. The lowest BCUT2D eigenvalue weighted by Gasteiger charge is -2.04. The van der Waals surface area contributed by atoms with E-state index >= 15 is 0 Å². The molecule has 0 aliphatic rings. The molecule has 0 saturated heterocycles. The lowest BCUT2D eigenvalue weighted by molar-refractivity contribution is 0.317. The Labute approximate surface area is 77.3 Å². The molecule has 0 bridgehead atoms. The van der Waals surface area contributed by atoms with E-state index in [-0.39, 0.29) is 5.75 Å². The van der Waals surface area contributed by atoms with Gasteiger partial charge in [-0.05, 0) is 18.6 Å². The third-order valence-corrected chi connectivity index (χ3v) is 1.82. The van der Waals surface area contributed by atoms with Gasteiger partial charge in [-0.25, -0.2) is 0 Å². The van der Waals surface area contributed by atoms with Gasteiger partial charge >= 0.3 is 0 Å². The smallest absolute Gasteiger partial charge is 0.124 e. The van der Waals surface area contributed by atoms with Crippen LogP contribution >= 0.6 is 0 Å². The molecule has 0 aliphatic heterocycles. The first-order chi connectivity index (χ1) is 6.29. The number of phenols is 1. The molecule has 3 nitrogen and oxygen atoms in total. The topological polar surface area (TPSA) is 52.8 Å². The molecule has 0 amide bonds. The summed E-state index contributed by atoms with van der Waals surface area (Å²) in [6.45, 7) is 1.99. The average molecular weight is 179 g/mol. The molecule has 3 heteroatoms. The molecule has 2 N–H and O–H groups in total. The Morgan fingerprint density at radius 3 is 2.62 bits per heavy atom. The van der Waals surface area contributed by atoms with Gasteiger partial charge in [0.2, 0.25) is 0 Å². The highest BCUT2D eigenvalue weighted by Gasteiger charge is 2.07. The summed E-state index contributed by atoms with van der Waals surface area (Å²) in [6, 6.07) is 6.85. The number of benzene rings is 1. The van der Waals surface area contributed by atoms with Crippen molar-refractivity contribution in [1.29, 1.82) is 0 Å². The van der Waals surface area contributed by atoms with Crippen molar-refractivity contribution in [2.24, 2.45) is 5.16 Å². The number of hydrogen-bond donors (Lipinski definition) is 2. The monoisotopic (exact) mass is 179 g/mol. The van der Waals surface area contributed by atoms with Crippen molar-refractivity contribution in [2.75, 3.05) is 0 Å². The first-order valence-electron chi connectivity index (χ1n) is 4.29. The van der Waals surface area contributed by atoms with Gasteiger partial charge in [-0.2, -0.15) is 0 Å². The van der Waals surface area contributed by atoms with Gasteiger partial charge in [0.05, 0.1) is 5.71 Å². The number of oxime groups is 1. The van der Waals surface area contributed by atoms with Crippen molar-refractivity contribution in [3.8, 4) is 5.75 Å². The van der Waals surface area contributed by atoms with Crippen LogP contribution in [0.25, 0.3) is 0 Å². The molecule has 0 fully saturated rings. The maximum atomic E-state index is 9.45. The van der Waals surface area contributed by atoms with Crippen molar-refractivity contribution in [3.05, 3.63) is 29.8 Å². The van der Waals surface area contributed by atoms with Crippen LogP contribution in [0.2, 0.25) is 0 Å². The van der Waals surface area contributed by atoms with E-state index in [9.17, 15) is 5.11 Å². The summed E-state index contributed by atoms with van der Waals surface area (Å²) in [4.78, 5) is 0. The van der Waals surface area contributed by atoms with Gasteiger partial charge in [0.25, 0.3) is 0 Å². The normalized spacial score (nSPS) is 11.6. The zero-order chi connectivity index (χ0) is 9.68. The molecule has 1 aromatic rings. The fraction of sp³-hybridized carbons (Fsp3) is 0.300. The SMILES string of the molecule is CCCC(=NO)c1ccccc1O. The Bertz CT molecular complexity index is 308. The zero-order valence-corrected chi connectivity index (χ0v) is 7.57. The fourth-order valence-electron chi connectivity index (χ4n) is 1.19. The summed E-state index contributed by atoms with van der Waals surface area (Å²) in [7, 11) is 0. The van der Waals surface area contributed by atoms with Crippen molar-refractivity contribution < 1.29 is 10.3 Å². The summed E-state index contributed by atoms with van der Waals surface area (Å²) < 4.78 is 0. The summed E-state index contributed by atoms with van der Waals surface area (Å²) >= 11 is 0. The van der Waals surface area contributed by atoms with E-state index in [0.717, 1.165) is 6.42 Å². The standard InChI is InChI=1S/C10H13NO2/c1-2-5-9(11-13)8-6-3-4-7-10(8)12/h3-4,6-7,12-13H,2,5H2,1H3. The molecule has 0 unspecified atom stereocenters. The van der Waals surface area contributed by atoms with Crippen LogP contribution in [0.4, 0.5) is 0 Å². The Hall–Kier alpha value is -1.51. The van der Waals surface area contributed by atoms with Gasteiger partial charge < -0.3 is 10.3 Å². The van der Waals surface area contributed by atoms with Gasteiger partial charge in [-0.1, -0.05) is 30.6 Å². The first-order valence-corrected chi connectivity index (χ1v) is 4.29. The number of nitrogens with zero attached hydrogens (tertiary/aromatic N) is 1. The third kappa shape index (κ3) is 2.21. The van der Waals surface area contributed by atoms with Crippen LogP contribution in [0, 0.1) is 0 Å². The second kappa shape index (κ2) is 4.50. The minimum absolute atomic E-state index is 0.156. The van der Waals surface area contributed by atoms with Crippen LogP contribution < -0.4 is 0 Å². The summed E-state index contributed by atoms with van der Waals surface area (Å²) in [5, 5.41) is 21.3. The molecule has 70 valence electrons. The van der Waals surface area contributed by atoms with Crippen LogP contribution in [-0.2, 0) is 0 Å². The van der Waals surface area contributed by atoms with Gasteiger partial charge in [0.15, 0.2) is 0 Å². The maximum Gasteiger partial charge on any atom is 0.124 e. The molecular weight excluding hydrogens is 166 g/mol. The number of phenolic OH excluding ortho intramolecular Hbond substituents is 1. The van der Waals surface area contributed by atoms with E-state index in [1.165, 1.54) is 0 Å². The largest absolute Gasteiger partial charge is 0.507 e.